The molecule has 2 aromatic heterocycles. The standard InChI is InChI=1S/C21H25N5O3S/c1-13-8-10-14(11-9-13)30(27,28)29-19-15-6-5-7-17-16(18(15)24-20(22)25-19)12-23-26(17)21(2,3)4/h8-12H,5-7H2,1-4H3,(H2,22,24,25). The van der Waals surface area contributed by atoms with Crippen LogP contribution in [0.4, 0.5) is 5.95 Å². The summed E-state index contributed by atoms with van der Waals surface area (Å²) in [6, 6.07) is 6.47. The maximum Gasteiger partial charge on any atom is 0.340 e. The number of aryl methyl sites for hydroxylation is 1. The summed E-state index contributed by atoms with van der Waals surface area (Å²) in [5.41, 5.74) is 9.80. The van der Waals surface area contributed by atoms with E-state index in [1.807, 2.05) is 11.6 Å². The zero-order valence-electron chi connectivity index (χ0n) is 17.5. The normalized spacial score (nSPS) is 14.0. The van der Waals surface area contributed by atoms with E-state index in [0.717, 1.165) is 29.7 Å². The number of nitrogens with two attached hydrogens (primary N) is 1. The van der Waals surface area contributed by atoms with Crippen molar-refractivity contribution in [1.29, 1.82) is 0 Å². The zero-order valence-corrected chi connectivity index (χ0v) is 18.3. The van der Waals surface area contributed by atoms with Gasteiger partial charge in [0.15, 0.2) is 0 Å². The van der Waals surface area contributed by atoms with Crippen LogP contribution in [0.2, 0.25) is 0 Å². The Morgan fingerprint density at radius 2 is 1.80 bits per heavy atom. The molecule has 8 nitrogen and oxygen atoms in total. The van der Waals surface area contributed by atoms with Gasteiger partial charge in [-0.3, -0.25) is 4.68 Å². The summed E-state index contributed by atoms with van der Waals surface area (Å²) in [6.07, 6.45) is 3.91. The van der Waals surface area contributed by atoms with Gasteiger partial charge in [-0.1, -0.05) is 17.7 Å². The topological polar surface area (TPSA) is 113 Å². The van der Waals surface area contributed by atoms with E-state index in [9.17, 15) is 8.42 Å². The third kappa shape index (κ3) is 3.65. The first-order valence-electron chi connectivity index (χ1n) is 9.81. The Labute approximate surface area is 176 Å². The highest BCUT2D eigenvalue weighted by Gasteiger charge is 2.29. The molecule has 0 unspecified atom stereocenters. The largest absolute Gasteiger partial charge is 0.368 e. The van der Waals surface area contributed by atoms with Gasteiger partial charge in [-0.2, -0.15) is 18.5 Å². The van der Waals surface area contributed by atoms with Crippen LogP contribution < -0.4 is 9.92 Å². The molecule has 1 aliphatic carbocycles. The van der Waals surface area contributed by atoms with Crippen LogP contribution in [0.25, 0.3) is 11.3 Å². The summed E-state index contributed by atoms with van der Waals surface area (Å²) in [7, 11) is -4.05. The first kappa shape index (κ1) is 20.3. The average Bonchev–Trinajstić information content (AvgIpc) is 2.99. The second-order valence-electron chi connectivity index (χ2n) is 8.51. The Hall–Kier alpha value is -2.94. The molecule has 1 aliphatic rings. The van der Waals surface area contributed by atoms with E-state index in [-0.39, 0.29) is 22.3 Å². The Morgan fingerprint density at radius 3 is 2.47 bits per heavy atom. The van der Waals surface area contributed by atoms with Gasteiger partial charge in [0.25, 0.3) is 0 Å². The van der Waals surface area contributed by atoms with E-state index in [1.54, 1.807) is 18.3 Å². The van der Waals surface area contributed by atoms with E-state index in [0.29, 0.717) is 17.7 Å². The number of nitrogens with zero attached hydrogens (tertiary/aromatic N) is 4. The summed E-state index contributed by atoms with van der Waals surface area (Å²) in [6.45, 7) is 8.15. The van der Waals surface area contributed by atoms with Gasteiger partial charge < -0.3 is 9.92 Å². The van der Waals surface area contributed by atoms with Crippen molar-refractivity contribution in [3.05, 3.63) is 47.3 Å². The molecular weight excluding hydrogens is 402 g/mol. The molecule has 0 atom stereocenters. The fraction of sp³-hybridized carbons (Fsp3) is 0.381. The molecule has 158 valence electrons. The minimum Gasteiger partial charge on any atom is -0.368 e. The molecule has 0 amide bonds. The maximum absolute atomic E-state index is 12.8. The molecule has 30 heavy (non-hydrogen) atoms. The number of hydrogen-bond donors (Lipinski definition) is 1. The van der Waals surface area contributed by atoms with Crippen molar-refractivity contribution in [1.82, 2.24) is 19.7 Å². The third-order valence-electron chi connectivity index (χ3n) is 5.08. The number of nitrogen functional groups attached to an aromatic ring is 1. The molecule has 1 aromatic carbocycles. The molecule has 2 heterocycles. The van der Waals surface area contributed by atoms with Crippen LogP contribution in [0.3, 0.4) is 0 Å². The molecule has 3 aromatic rings. The SMILES string of the molecule is Cc1ccc(S(=O)(=O)Oc2nc(N)nc3c2CCCc2c-3cnn2C(C)(C)C)cc1. The Bertz CT molecular complexity index is 1210. The smallest absolute Gasteiger partial charge is 0.340 e. The minimum atomic E-state index is -4.05. The Morgan fingerprint density at radius 1 is 1.10 bits per heavy atom. The van der Waals surface area contributed by atoms with Gasteiger partial charge in [0.05, 0.1) is 17.4 Å². The van der Waals surface area contributed by atoms with Crippen molar-refractivity contribution in [3.63, 3.8) is 0 Å². The van der Waals surface area contributed by atoms with E-state index >= 15 is 0 Å². The highest BCUT2D eigenvalue weighted by molar-refractivity contribution is 7.87. The second kappa shape index (κ2) is 7.09. The van der Waals surface area contributed by atoms with E-state index in [2.05, 4.69) is 35.8 Å². The third-order valence-corrected chi connectivity index (χ3v) is 6.31. The van der Waals surface area contributed by atoms with Gasteiger partial charge in [0, 0.05) is 16.8 Å². The Kier molecular flexibility index (Phi) is 4.80. The van der Waals surface area contributed by atoms with Crippen LogP contribution in [0.1, 0.15) is 44.0 Å². The monoisotopic (exact) mass is 427 g/mol. The number of hydrogen-bond acceptors (Lipinski definition) is 7. The quantitative estimate of drug-likeness (QED) is 0.638. The van der Waals surface area contributed by atoms with E-state index in [4.69, 9.17) is 9.92 Å². The summed E-state index contributed by atoms with van der Waals surface area (Å²) in [5.74, 6) is -0.0614. The van der Waals surface area contributed by atoms with Crippen LogP contribution >= 0.6 is 0 Å². The molecule has 9 heteroatoms. The Balaban J connectivity index is 1.82. The van der Waals surface area contributed by atoms with Crippen LogP contribution in [-0.2, 0) is 28.5 Å². The summed E-state index contributed by atoms with van der Waals surface area (Å²) in [4.78, 5) is 8.61. The van der Waals surface area contributed by atoms with Crippen LogP contribution in [-0.4, -0.2) is 28.2 Å². The first-order chi connectivity index (χ1) is 14.1. The molecule has 2 N–H and O–H groups in total. The van der Waals surface area contributed by atoms with Crippen LogP contribution in [0, 0.1) is 6.92 Å². The maximum atomic E-state index is 12.8. The minimum absolute atomic E-state index is 0.0190. The fourth-order valence-corrected chi connectivity index (χ4v) is 4.59. The van der Waals surface area contributed by atoms with E-state index in [1.165, 1.54) is 12.1 Å². The molecule has 0 bridgehead atoms. The lowest BCUT2D eigenvalue weighted by Crippen LogP contribution is -2.25. The highest BCUT2D eigenvalue weighted by Crippen LogP contribution is 2.37. The predicted molar refractivity (Wildman–Crippen MR) is 114 cm³/mol. The number of anilines is 1. The molecule has 0 fully saturated rings. The van der Waals surface area contributed by atoms with Gasteiger partial charge in [-0.25, -0.2) is 4.98 Å². The molecule has 0 aliphatic heterocycles. The lowest BCUT2D eigenvalue weighted by Gasteiger charge is -2.22. The molecule has 0 radical (unpaired) electrons. The van der Waals surface area contributed by atoms with Crippen molar-refractivity contribution >= 4 is 16.1 Å². The summed E-state index contributed by atoms with van der Waals surface area (Å²) >= 11 is 0. The van der Waals surface area contributed by atoms with Crippen LogP contribution in [0.5, 0.6) is 5.88 Å². The summed E-state index contributed by atoms with van der Waals surface area (Å²) in [5, 5.41) is 4.56. The number of benzene rings is 1. The van der Waals surface area contributed by atoms with Gasteiger partial charge in [0.2, 0.25) is 11.8 Å². The average molecular weight is 428 g/mol. The van der Waals surface area contributed by atoms with Crippen LogP contribution in [0.15, 0.2) is 35.4 Å². The van der Waals surface area contributed by atoms with Gasteiger partial charge in [-0.05, 0) is 59.1 Å². The van der Waals surface area contributed by atoms with E-state index < -0.39 is 10.1 Å². The fourth-order valence-electron chi connectivity index (χ4n) is 3.68. The zero-order chi connectivity index (χ0) is 21.7. The number of aromatic nitrogens is 4. The van der Waals surface area contributed by atoms with Crippen molar-refractivity contribution in [3.8, 4) is 17.1 Å². The van der Waals surface area contributed by atoms with Gasteiger partial charge in [0.1, 0.15) is 4.90 Å². The van der Waals surface area contributed by atoms with Gasteiger partial charge >= 0.3 is 10.1 Å². The number of rotatable bonds is 3. The summed E-state index contributed by atoms with van der Waals surface area (Å²) < 4.78 is 33.1. The predicted octanol–water partition coefficient (Wildman–Crippen LogP) is 3.24. The molecule has 0 saturated heterocycles. The molecule has 4 rings (SSSR count). The van der Waals surface area contributed by atoms with Crippen molar-refractivity contribution in [2.45, 2.75) is 57.4 Å². The lowest BCUT2D eigenvalue weighted by atomic mass is 10.1. The molecule has 0 spiro atoms. The highest BCUT2D eigenvalue weighted by atomic mass is 32.2. The van der Waals surface area contributed by atoms with Crippen molar-refractivity contribution < 1.29 is 12.6 Å². The second-order valence-corrected chi connectivity index (χ2v) is 10.1. The van der Waals surface area contributed by atoms with Gasteiger partial charge in [-0.15, -0.1) is 0 Å². The molecular formula is C21H25N5O3S. The first-order valence-corrected chi connectivity index (χ1v) is 11.2. The van der Waals surface area contributed by atoms with Crippen molar-refractivity contribution in [2.75, 3.05) is 5.73 Å². The lowest BCUT2D eigenvalue weighted by molar-refractivity contribution is 0.343. The van der Waals surface area contributed by atoms with Crippen molar-refractivity contribution in [2.24, 2.45) is 0 Å². The molecule has 0 saturated carbocycles. The number of fused-ring (bicyclic) bond motifs is 3.